The van der Waals surface area contributed by atoms with Gasteiger partial charge in [-0.05, 0) is 37.3 Å². The lowest BCUT2D eigenvalue weighted by molar-refractivity contribution is -0.131. The maximum Gasteiger partial charge on any atom is 0.272 e. The molecular weight excluding hydrogens is 480 g/mol. The number of nitrogens with zero attached hydrogens (tertiary/aromatic N) is 2. The number of nitrogens with one attached hydrogen (secondary N) is 2. The Morgan fingerprint density at radius 3 is 2.42 bits per heavy atom. The summed E-state index contributed by atoms with van der Waals surface area (Å²) in [6.45, 7) is 1.24. The van der Waals surface area contributed by atoms with Crippen LogP contribution in [0.25, 0.3) is 0 Å². The van der Waals surface area contributed by atoms with Crippen LogP contribution in [0.2, 0.25) is 5.02 Å². The number of halogens is 1. The molecule has 0 fully saturated rings. The normalized spacial score (nSPS) is 15.8. The first kappa shape index (κ1) is 24.9. The van der Waals surface area contributed by atoms with Gasteiger partial charge in [0.05, 0.1) is 11.4 Å². The standard InChI is InChI=1S/C27H25ClN4O4/c1-17(29-23(33)16-36-20-14-12-19(28)13-15-20)26(34)31-25-27(35)32(2)22-11-7-6-10-21(22)24(30-25)18-8-4-3-5-9-18/h3-15,17,25H,16H2,1-2H3,(H,29,33)(H,31,34)/t17-,25+/m0/s1. The largest absolute Gasteiger partial charge is 0.484 e. The fourth-order valence-electron chi connectivity index (χ4n) is 3.73. The van der Waals surface area contributed by atoms with Crippen LogP contribution in [-0.2, 0) is 14.4 Å². The maximum absolute atomic E-state index is 13.2. The molecule has 0 bridgehead atoms. The Labute approximate surface area is 213 Å². The van der Waals surface area contributed by atoms with Crippen LogP contribution in [0.4, 0.5) is 5.69 Å². The van der Waals surface area contributed by atoms with Crippen molar-refractivity contribution >= 4 is 40.7 Å². The molecule has 2 N–H and O–H groups in total. The number of benzodiazepines with no additional fused rings is 1. The number of fused-ring (bicyclic) bond motifs is 1. The van der Waals surface area contributed by atoms with E-state index in [2.05, 4.69) is 15.6 Å². The maximum atomic E-state index is 13.2. The van der Waals surface area contributed by atoms with Crippen LogP contribution in [0, 0.1) is 0 Å². The van der Waals surface area contributed by atoms with E-state index in [0.29, 0.717) is 22.2 Å². The zero-order valence-corrected chi connectivity index (χ0v) is 20.5. The number of likely N-dealkylation sites (N-methyl/N-ethyl adjacent to an activating group) is 1. The van der Waals surface area contributed by atoms with Crippen molar-refractivity contribution in [1.29, 1.82) is 0 Å². The van der Waals surface area contributed by atoms with E-state index in [0.717, 1.165) is 11.1 Å². The van der Waals surface area contributed by atoms with E-state index in [-0.39, 0.29) is 6.61 Å². The Morgan fingerprint density at radius 2 is 1.69 bits per heavy atom. The summed E-state index contributed by atoms with van der Waals surface area (Å²) >= 11 is 5.84. The van der Waals surface area contributed by atoms with Gasteiger partial charge in [-0.3, -0.25) is 14.4 Å². The van der Waals surface area contributed by atoms with E-state index in [1.54, 1.807) is 31.3 Å². The van der Waals surface area contributed by atoms with Crippen molar-refractivity contribution < 1.29 is 19.1 Å². The molecule has 1 aliphatic heterocycles. The van der Waals surface area contributed by atoms with Gasteiger partial charge in [-0.15, -0.1) is 0 Å². The lowest BCUT2D eigenvalue weighted by Crippen LogP contribution is -2.52. The molecule has 0 saturated heterocycles. The second-order valence-corrected chi connectivity index (χ2v) is 8.64. The van der Waals surface area contributed by atoms with Gasteiger partial charge in [0.15, 0.2) is 6.61 Å². The van der Waals surface area contributed by atoms with Crippen LogP contribution >= 0.6 is 11.6 Å². The number of carbonyl (C=O) groups is 3. The number of hydrogen-bond acceptors (Lipinski definition) is 5. The molecule has 0 unspecified atom stereocenters. The number of ether oxygens (including phenoxy) is 1. The van der Waals surface area contributed by atoms with Gasteiger partial charge in [-0.2, -0.15) is 0 Å². The smallest absolute Gasteiger partial charge is 0.272 e. The van der Waals surface area contributed by atoms with E-state index < -0.39 is 29.9 Å². The van der Waals surface area contributed by atoms with Crippen LogP contribution in [-0.4, -0.2) is 49.3 Å². The number of aliphatic imine (C=N–C) groups is 1. The zero-order chi connectivity index (χ0) is 25.7. The molecule has 1 heterocycles. The highest BCUT2D eigenvalue weighted by Crippen LogP contribution is 2.27. The number of benzene rings is 3. The quantitative estimate of drug-likeness (QED) is 0.516. The third-order valence-electron chi connectivity index (χ3n) is 5.62. The first-order valence-corrected chi connectivity index (χ1v) is 11.7. The second kappa shape index (κ2) is 11.0. The third kappa shape index (κ3) is 5.72. The van der Waals surface area contributed by atoms with Gasteiger partial charge in [0.25, 0.3) is 11.8 Å². The molecule has 3 amide bonds. The Hall–Kier alpha value is -4.17. The average Bonchev–Trinajstić information content (AvgIpc) is 2.99. The second-order valence-electron chi connectivity index (χ2n) is 8.20. The van der Waals surface area contributed by atoms with Crippen molar-refractivity contribution in [3.8, 4) is 5.75 Å². The van der Waals surface area contributed by atoms with E-state index in [9.17, 15) is 14.4 Å². The van der Waals surface area contributed by atoms with Gasteiger partial charge in [0, 0.05) is 23.2 Å². The molecule has 8 nitrogen and oxygen atoms in total. The highest BCUT2D eigenvalue weighted by molar-refractivity contribution is 6.30. The zero-order valence-electron chi connectivity index (χ0n) is 19.8. The summed E-state index contributed by atoms with van der Waals surface area (Å²) in [6.07, 6.45) is -1.17. The molecule has 184 valence electrons. The van der Waals surface area contributed by atoms with Crippen LogP contribution in [0.5, 0.6) is 5.75 Å². The Morgan fingerprint density at radius 1 is 1.03 bits per heavy atom. The first-order chi connectivity index (χ1) is 17.3. The lowest BCUT2D eigenvalue weighted by Gasteiger charge is -2.22. The Bertz CT molecular complexity index is 1290. The molecule has 0 spiro atoms. The molecule has 0 radical (unpaired) electrons. The highest BCUT2D eigenvalue weighted by Gasteiger charge is 2.32. The monoisotopic (exact) mass is 504 g/mol. The summed E-state index contributed by atoms with van der Waals surface area (Å²) < 4.78 is 5.41. The highest BCUT2D eigenvalue weighted by atomic mass is 35.5. The van der Waals surface area contributed by atoms with Crippen LogP contribution < -0.4 is 20.3 Å². The summed E-state index contributed by atoms with van der Waals surface area (Å²) in [5.74, 6) is -0.964. The molecule has 2 atom stereocenters. The van der Waals surface area contributed by atoms with Crippen molar-refractivity contribution in [2.75, 3.05) is 18.6 Å². The van der Waals surface area contributed by atoms with Gasteiger partial charge in [0.2, 0.25) is 12.1 Å². The molecule has 0 aromatic heterocycles. The van der Waals surface area contributed by atoms with E-state index in [1.807, 2.05) is 54.6 Å². The lowest BCUT2D eigenvalue weighted by atomic mass is 10.0. The molecule has 36 heavy (non-hydrogen) atoms. The van der Waals surface area contributed by atoms with E-state index in [4.69, 9.17) is 16.3 Å². The minimum absolute atomic E-state index is 0.282. The summed E-state index contributed by atoms with van der Waals surface area (Å²) in [6, 6.07) is 22.5. The average molecular weight is 505 g/mol. The summed E-state index contributed by atoms with van der Waals surface area (Å²) in [5.41, 5.74) is 2.86. The molecule has 3 aromatic carbocycles. The number of anilines is 1. The van der Waals surface area contributed by atoms with Gasteiger partial charge in [-0.1, -0.05) is 60.1 Å². The summed E-state index contributed by atoms with van der Waals surface area (Å²) in [7, 11) is 1.64. The van der Waals surface area contributed by atoms with Crippen molar-refractivity contribution in [3.63, 3.8) is 0 Å². The topological polar surface area (TPSA) is 100 Å². The van der Waals surface area contributed by atoms with Crippen molar-refractivity contribution in [2.45, 2.75) is 19.1 Å². The number of para-hydroxylation sites is 1. The van der Waals surface area contributed by atoms with Crippen LogP contribution in [0.3, 0.4) is 0 Å². The minimum Gasteiger partial charge on any atom is -0.484 e. The number of amides is 3. The molecule has 0 aliphatic carbocycles. The number of hydrogen-bond donors (Lipinski definition) is 2. The fraction of sp³-hybridized carbons (Fsp3) is 0.185. The Balaban J connectivity index is 1.48. The number of rotatable bonds is 7. The molecule has 9 heteroatoms. The first-order valence-electron chi connectivity index (χ1n) is 11.3. The van der Waals surface area contributed by atoms with Gasteiger partial charge < -0.3 is 20.3 Å². The molecular formula is C27H25ClN4O4. The Kier molecular flexibility index (Phi) is 7.65. The van der Waals surface area contributed by atoms with Crippen molar-refractivity contribution in [3.05, 3.63) is 95.0 Å². The fourth-order valence-corrected chi connectivity index (χ4v) is 3.86. The summed E-state index contributed by atoms with van der Waals surface area (Å²) in [4.78, 5) is 44.6. The van der Waals surface area contributed by atoms with Gasteiger partial charge >= 0.3 is 0 Å². The third-order valence-corrected chi connectivity index (χ3v) is 5.88. The number of carbonyl (C=O) groups excluding carboxylic acids is 3. The van der Waals surface area contributed by atoms with Gasteiger partial charge in [0.1, 0.15) is 11.8 Å². The predicted octanol–water partition coefficient (Wildman–Crippen LogP) is 3.18. The summed E-state index contributed by atoms with van der Waals surface area (Å²) in [5, 5.41) is 5.80. The van der Waals surface area contributed by atoms with Crippen LogP contribution in [0.1, 0.15) is 18.1 Å². The molecule has 0 saturated carbocycles. The van der Waals surface area contributed by atoms with Crippen molar-refractivity contribution in [1.82, 2.24) is 10.6 Å². The minimum atomic E-state index is -1.17. The molecule has 3 aromatic rings. The van der Waals surface area contributed by atoms with E-state index >= 15 is 0 Å². The van der Waals surface area contributed by atoms with Gasteiger partial charge in [-0.25, -0.2) is 4.99 Å². The van der Waals surface area contributed by atoms with Crippen LogP contribution in [0.15, 0.2) is 83.9 Å². The molecule has 1 aliphatic rings. The van der Waals surface area contributed by atoms with E-state index in [1.165, 1.54) is 11.8 Å². The SMILES string of the molecule is C[C@H](NC(=O)COc1ccc(Cl)cc1)C(=O)N[C@H]1N=C(c2ccccc2)c2ccccc2N(C)C1=O. The van der Waals surface area contributed by atoms with Crippen molar-refractivity contribution in [2.24, 2.45) is 4.99 Å². The predicted molar refractivity (Wildman–Crippen MR) is 138 cm³/mol. The molecule has 4 rings (SSSR count).